The predicted molar refractivity (Wildman–Crippen MR) is 96.7 cm³/mol. The van der Waals surface area contributed by atoms with E-state index in [1.807, 2.05) is 0 Å². The first-order valence-electron chi connectivity index (χ1n) is 5.14. The summed E-state index contributed by atoms with van der Waals surface area (Å²) in [5, 5.41) is 0. The molecule has 2 aliphatic rings. The van der Waals surface area contributed by atoms with E-state index in [2.05, 4.69) is 90.4 Å². The summed E-state index contributed by atoms with van der Waals surface area (Å²) in [5.74, 6) is 2.10. The van der Waals surface area contributed by atoms with Crippen molar-refractivity contribution in [2.45, 2.75) is 41.4 Å². The number of hydrogen-bond donors (Lipinski definition) is 0. The van der Waals surface area contributed by atoms with Crippen molar-refractivity contribution in [3.63, 3.8) is 0 Å². The van der Waals surface area contributed by atoms with Crippen molar-refractivity contribution >= 4 is 90.4 Å². The van der Waals surface area contributed by atoms with Crippen LogP contribution in [0.25, 0.3) is 0 Å². The van der Waals surface area contributed by atoms with Crippen LogP contribution in [0, 0.1) is 11.8 Å². The van der Waals surface area contributed by atoms with Crippen molar-refractivity contribution in [1.82, 2.24) is 0 Å². The molecule has 0 aromatic carbocycles. The number of rotatable bonds is 0. The van der Waals surface area contributed by atoms with Crippen LogP contribution in [-0.2, 0) is 0 Å². The van der Waals surface area contributed by atoms with Gasteiger partial charge in [-0.2, -0.15) is 0 Å². The second-order valence-electron chi connectivity index (χ2n) is 4.53. The molecule has 0 spiro atoms. The Bertz CT molecular complexity index is 166. The van der Waals surface area contributed by atoms with Gasteiger partial charge in [0.25, 0.3) is 0 Å². The van der Waals surface area contributed by atoms with E-state index in [0.717, 1.165) is 27.5 Å². The van der Waals surface area contributed by atoms with Gasteiger partial charge in [0.05, 0.1) is 0 Å². The Hall–Kier alpha value is 2.92. The lowest BCUT2D eigenvalue weighted by molar-refractivity contribution is 0.200. The highest BCUT2D eigenvalue weighted by Crippen LogP contribution is 2.48. The third-order valence-corrected chi connectivity index (χ3v) is 11.8. The Labute approximate surface area is 141 Å². The largest absolute Gasteiger partial charge is 0.0815 e. The van der Waals surface area contributed by atoms with Crippen molar-refractivity contribution in [1.29, 1.82) is 0 Å². The van der Waals surface area contributed by atoms with Crippen LogP contribution in [0.3, 0.4) is 0 Å². The van der Waals surface area contributed by atoms with Crippen LogP contribution in [-0.4, -0.2) is 15.7 Å². The molecule has 82 valence electrons. The van der Waals surface area contributed by atoms with Crippen LogP contribution < -0.4 is 0 Å². The van der Waals surface area contributed by atoms with E-state index in [4.69, 9.17) is 0 Å². The molecular formula is C10H14I4. The quantitative estimate of drug-likeness (QED) is 0.258. The third kappa shape index (κ3) is 3.02. The van der Waals surface area contributed by atoms with E-state index in [9.17, 15) is 0 Å². The number of fused-ring (bicyclic) bond motifs is 1. The average Bonchev–Trinajstić information content (AvgIpc) is 2.11. The normalized spacial score (nSPS) is 54.0. The Morgan fingerprint density at radius 1 is 0.500 bits per heavy atom. The lowest BCUT2D eigenvalue weighted by Gasteiger charge is -2.43. The van der Waals surface area contributed by atoms with E-state index >= 15 is 0 Å². The SMILES string of the molecule is IC1CC2CC(I)C(I)CC2CC1I. The maximum Gasteiger partial charge on any atom is 0.0230 e. The zero-order valence-electron chi connectivity index (χ0n) is 7.80. The first-order chi connectivity index (χ1) is 6.58. The second-order valence-corrected chi connectivity index (χ2v) is 10.9. The van der Waals surface area contributed by atoms with Gasteiger partial charge in [0.2, 0.25) is 0 Å². The molecule has 0 nitrogen and oxygen atoms in total. The molecule has 0 N–H and O–H groups in total. The lowest BCUT2D eigenvalue weighted by Crippen LogP contribution is -2.40. The summed E-state index contributed by atoms with van der Waals surface area (Å²) >= 11 is 10.7. The van der Waals surface area contributed by atoms with Crippen molar-refractivity contribution in [2.24, 2.45) is 11.8 Å². The molecule has 2 saturated carbocycles. The number of halogens is 4. The molecule has 2 aliphatic carbocycles. The van der Waals surface area contributed by atoms with E-state index < -0.39 is 0 Å². The monoisotopic (exact) mass is 642 g/mol. The minimum atomic E-state index is 0.934. The van der Waals surface area contributed by atoms with Gasteiger partial charge in [0.15, 0.2) is 0 Å². The van der Waals surface area contributed by atoms with Gasteiger partial charge in [-0.15, -0.1) is 0 Å². The van der Waals surface area contributed by atoms with Crippen molar-refractivity contribution in [2.75, 3.05) is 0 Å². The number of alkyl halides is 4. The molecule has 0 saturated heterocycles. The van der Waals surface area contributed by atoms with Gasteiger partial charge in [-0.3, -0.25) is 0 Å². The van der Waals surface area contributed by atoms with Gasteiger partial charge in [0.1, 0.15) is 0 Å². The van der Waals surface area contributed by atoms with Gasteiger partial charge >= 0.3 is 0 Å². The van der Waals surface area contributed by atoms with E-state index in [1.165, 1.54) is 25.7 Å². The molecule has 4 atom stereocenters. The molecule has 2 fully saturated rings. The Morgan fingerprint density at radius 3 is 0.929 bits per heavy atom. The second kappa shape index (κ2) is 5.71. The summed E-state index contributed by atoms with van der Waals surface area (Å²) < 4.78 is 3.74. The molecule has 0 aliphatic heterocycles. The lowest BCUT2D eigenvalue weighted by atomic mass is 9.71. The van der Waals surface area contributed by atoms with Gasteiger partial charge in [-0.1, -0.05) is 90.4 Å². The van der Waals surface area contributed by atoms with Crippen LogP contribution in [0.2, 0.25) is 0 Å². The summed E-state index contributed by atoms with van der Waals surface area (Å²) in [4.78, 5) is 0. The predicted octanol–water partition coefficient (Wildman–Crippen LogP) is 5.02. The van der Waals surface area contributed by atoms with E-state index in [-0.39, 0.29) is 0 Å². The van der Waals surface area contributed by atoms with Gasteiger partial charge in [-0.05, 0) is 37.5 Å². The topological polar surface area (TPSA) is 0 Å². The molecule has 0 radical (unpaired) electrons. The highest BCUT2D eigenvalue weighted by molar-refractivity contribution is 14.1. The molecule has 4 heteroatoms. The summed E-state index contributed by atoms with van der Waals surface area (Å²) in [7, 11) is 0. The minimum Gasteiger partial charge on any atom is -0.0815 e. The number of hydrogen-bond acceptors (Lipinski definition) is 0. The Kier molecular flexibility index (Phi) is 5.44. The molecule has 0 aromatic rings. The average molecular weight is 642 g/mol. The fourth-order valence-electron chi connectivity index (χ4n) is 2.71. The maximum absolute atomic E-state index is 2.67. The third-order valence-electron chi connectivity index (χ3n) is 3.56. The van der Waals surface area contributed by atoms with Gasteiger partial charge in [-0.25, -0.2) is 0 Å². The van der Waals surface area contributed by atoms with Crippen LogP contribution in [0.1, 0.15) is 25.7 Å². The molecule has 2 rings (SSSR count). The van der Waals surface area contributed by atoms with Crippen LogP contribution in [0.5, 0.6) is 0 Å². The Balaban J connectivity index is 2.01. The summed E-state index contributed by atoms with van der Waals surface area (Å²) in [6.45, 7) is 0. The zero-order chi connectivity index (χ0) is 10.3. The van der Waals surface area contributed by atoms with E-state index in [0.29, 0.717) is 0 Å². The first kappa shape index (κ1) is 13.4. The summed E-state index contributed by atoms with van der Waals surface area (Å²) in [5.41, 5.74) is 0. The van der Waals surface area contributed by atoms with Crippen molar-refractivity contribution < 1.29 is 0 Å². The molecule has 14 heavy (non-hydrogen) atoms. The highest BCUT2D eigenvalue weighted by Gasteiger charge is 2.40. The van der Waals surface area contributed by atoms with Gasteiger partial charge < -0.3 is 0 Å². The standard InChI is InChI=1S/C10H14I4/c11-7-1-5-2-9(13)10(14)4-6(5)3-8(7)12/h5-10H,1-4H2. The molecule has 0 aromatic heterocycles. The van der Waals surface area contributed by atoms with Crippen LogP contribution in [0.15, 0.2) is 0 Å². The van der Waals surface area contributed by atoms with E-state index in [1.54, 1.807) is 0 Å². The maximum atomic E-state index is 2.67. The minimum absolute atomic E-state index is 0.934. The fourth-order valence-corrected chi connectivity index (χ4v) is 6.50. The Morgan fingerprint density at radius 2 is 0.714 bits per heavy atom. The zero-order valence-corrected chi connectivity index (χ0v) is 16.4. The summed E-state index contributed by atoms with van der Waals surface area (Å²) in [6.07, 6.45) is 5.95. The molecule has 0 bridgehead atoms. The van der Waals surface area contributed by atoms with Crippen LogP contribution in [0.4, 0.5) is 0 Å². The molecule has 4 unspecified atom stereocenters. The van der Waals surface area contributed by atoms with Gasteiger partial charge in [0, 0.05) is 15.7 Å². The van der Waals surface area contributed by atoms with Crippen molar-refractivity contribution in [3.05, 3.63) is 0 Å². The van der Waals surface area contributed by atoms with Crippen molar-refractivity contribution in [3.8, 4) is 0 Å². The summed E-state index contributed by atoms with van der Waals surface area (Å²) in [6, 6.07) is 0. The fraction of sp³-hybridized carbons (Fsp3) is 1.00. The molecular weight excluding hydrogens is 628 g/mol. The highest BCUT2D eigenvalue weighted by atomic mass is 127. The smallest absolute Gasteiger partial charge is 0.0230 e. The first-order valence-corrected chi connectivity index (χ1v) is 10.1. The molecule has 0 heterocycles. The van der Waals surface area contributed by atoms with Crippen LogP contribution >= 0.6 is 90.4 Å². The molecule has 0 amide bonds.